The second kappa shape index (κ2) is 6.19. The van der Waals surface area contributed by atoms with E-state index in [1.54, 1.807) is 18.4 Å². The maximum absolute atomic E-state index is 9.21. The van der Waals surface area contributed by atoms with Crippen molar-refractivity contribution in [1.29, 1.82) is 0 Å². The van der Waals surface area contributed by atoms with E-state index in [4.69, 9.17) is 8.94 Å². The molecule has 1 saturated carbocycles. The Hall–Kier alpha value is -1.66. The summed E-state index contributed by atoms with van der Waals surface area (Å²) in [5.74, 6) is 1.65. The maximum Gasteiger partial charge on any atom is 0.241 e. The Bertz CT molecular complexity index is 518. The minimum atomic E-state index is 0.148. The highest BCUT2D eigenvalue weighted by Gasteiger charge is 2.24. The van der Waals surface area contributed by atoms with Crippen LogP contribution < -0.4 is 0 Å². The van der Waals surface area contributed by atoms with Crippen molar-refractivity contribution in [3.05, 3.63) is 24.3 Å². The number of rotatable bonds is 6. The Kier molecular flexibility index (Phi) is 4.13. The summed E-state index contributed by atoms with van der Waals surface area (Å²) in [5.41, 5.74) is 0. The SMILES string of the molecule is OCCN(Cc1nc(-c2ccco2)no1)C1CCCC1. The van der Waals surface area contributed by atoms with Crippen LogP contribution in [-0.4, -0.2) is 39.3 Å². The molecule has 0 bridgehead atoms. The van der Waals surface area contributed by atoms with Gasteiger partial charge in [0.25, 0.3) is 0 Å². The molecule has 0 saturated heterocycles. The highest BCUT2D eigenvalue weighted by atomic mass is 16.5. The predicted octanol–water partition coefficient (Wildman–Crippen LogP) is 2.07. The van der Waals surface area contributed by atoms with Gasteiger partial charge in [0.05, 0.1) is 19.4 Å². The first-order chi connectivity index (χ1) is 9.86. The van der Waals surface area contributed by atoms with Crippen molar-refractivity contribution in [2.75, 3.05) is 13.2 Å². The van der Waals surface area contributed by atoms with E-state index in [-0.39, 0.29) is 6.61 Å². The lowest BCUT2D eigenvalue weighted by Crippen LogP contribution is -2.35. The number of hydrogen-bond donors (Lipinski definition) is 1. The fourth-order valence-corrected chi connectivity index (χ4v) is 2.79. The molecule has 6 nitrogen and oxygen atoms in total. The fourth-order valence-electron chi connectivity index (χ4n) is 2.79. The van der Waals surface area contributed by atoms with Crippen LogP contribution in [0.3, 0.4) is 0 Å². The molecule has 2 aromatic heterocycles. The molecular weight excluding hydrogens is 258 g/mol. The van der Waals surface area contributed by atoms with E-state index in [9.17, 15) is 5.11 Å². The molecule has 6 heteroatoms. The number of nitrogens with zero attached hydrogens (tertiary/aromatic N) is 3. The third-order valence-electron chi connectivity index (χ3n) is 3.78. The molecule has 0 atom stereocenters. The molecule has 1 aliphatic carbocycles. The highest BCUT2D eigenvalue weighted by molar-refractivity contribution is 5.44. The molecule has 20 heavy (non-hydrogen) atoms. The zero-order chi connectivity index (χ0) is 13.8. The van der Waals surface area contributed by atoms with Crippen LogP contribution in [0.5, 0.6) is 0 Å². The molecule has 0 amide bonds. The first-order valence-corrected chi connectivity index (χ1v) is 7.08. The Labute approximate surface area is 117 Å². The van der Waals surface area contributed by atoms with Gasteiger partial charge in [-0.2, -0.15) is 4.98 Å². The van der Waals surface area contributed by atoms with Crippen LogP contribution >= 0.6 is 0 Å². The monoisotopic (exact) mass is 277 g/mol. The number of hydrogen-bond acceptors (Lipinski definition) is 6. The molecule has 2 aromatic rings. The highest BCUT2D eigenvalue weighted by Crippen LogP contribution is 2.25. The second-order valence-corrected chi connectivity index (χ2v) is 5.12. The van der Waals surface area contributed by atoms with Gasteiger partial charge in [-0.3, -0.25) is 4.90 Å². The van der Waals surface area contributed by atoms with Crippen molar-refractivity contribution in [1.82, 2.24) is 15.0 Å². The molecule has 108 valence electrons. The van der Waals surface area contributed by atoms with Gasteiger partial charge in [-0.1, -0.05) is 18.0 Å². The summed E-state index contributed by atoms with van der Waals surface area (Å²) >= 11 is 0. The molecule has 3 rings (SSSR count). The summed E-state index contributed by atoms with van der Waals surface area (Å²) in [6.07, 6.45) is 6.46. The van der Waals surface area contributed by atoms with Gasteiger partial charge in [0.2, 0.25) is 11.7 Å². The van der Waals surface area contributed by atoms with E-state index < -0.39 is 0 Å². The largest absolute Gasteiger partial charge is 0.461 e. The molecule has 1 N–H and O–H groups in total. The molecule has 1 fully saturated rings. The molecule has 1 aliphatic rings. The van der Waals surface area contributed by atoms with Crippen molar-refractivity contribution in [3.63, 3.8) is 0 Å². The second-order valence-electron chi connectivity index (χ2n) is 5.12. The molecular formula is C14H19N3O3. The van der Waals surface area contributed by atoms with Crippen LogP contribution in [0.4, 0.5) is 0 Å². The first-order valence-electron chi connectivity index (χ1n) is 7.08. The van der Waals surface area contributed by atoms with E-state index in [0.717, 1.165) is 0 Å². The normalized spacial score (nSPS) is 16.3. The molecule has 0 unspecified atom stereocenters. The summed E-state index contributed by atoms with van der Waals surface area (Å²) in [5, 5.41) is 13.1. The van der Waals surface area contributed by atoms with E-state index in [1.165, 1.54) is 25.7 Å². The summed E-state index contributed by atoms with van der Waals surface area (Å²) in [6.45, 7) is 1.37. The lowest BCUT2D eigenvalue weighted by molar-refractivity contribution is 0.130. The summed E-state index contributed by atoms with van der Waals surface area (Å²) in [6, 6.07) is 4.11. The summed E-state index contributed by atoms with van der Waals surface area (Å²) < 4.78 is 10.5. The van der Waals surface area contributed by atoms with Crippen molar-refractivity contribution < 1.29 is 14.0 Å². The Morgan fingerprint density at radius 3 is 2.90 bits per heavy atom. The van der Waals surface area contributed by atoms with Crippen molar-refractivity contribution in [3.8, 4) is 11.6 Å². The van der Waals surface area contributed by atoms with Gasteiger partial charge in [0.15, 0.2) is 5.76 Å². The van der Waals surface area contributed by atoms with E-state index in [0.29, 0.717) is 36.6 Å². The van der Waals surface area contributed by atoms with Crippen LogP contribution in [0, 0.1) is 0 Å². The maximum atomic E-state index is 9.21. The minimum absolute atomic E-state index is 0.148. The van der Waals surface area contributed by atoms with Gasteiger partial charge in [0, 0.05) is 12.6 Å². The first kappa shape index (κ1) is 13.3. The molecule has 0 radical (unpaired) electrons. The van der Waals surface area contributed by atoms with Crippen LogP contribution in [0.1, 0.15) is 31.6 Å². The van der Waals surface area contributed by atoms with Crippen LogP contribution in [0.25, 0.3) is 11.6 Å². The van der Waals surface area contributed by atoms with Crippen LogP contribution in [0.2, 0.25) is 0 Å². The number of aromatic nitrogens is 2. The lowest BCUT2D eigenvalue weighted by atomic mass is 10.2. The van der Waals surface area contributed by atoms with Gasteiger partial charge in [0.1, 0.15) is 0 Å². The standard InChI is InChI=1S/C14H19N3O3/c18-8-7-17(11-4-1-2-5-11)10-13-15-14(16-20-13)12-6-3-9-19-12/h3,6,9,11,18H,1-2,4-5,7-8,10H2. The van der Waals surface area contributed by atoms with Crippen molar-refractivity contribution in [2.24, 2.45) is 0 Å². The van der Waals surface area contributed by atoms with Crippen molar-refractivity contribution in [2.45, 2.75) is 38.3 Å². The lowest BCUT2D eigenvalue weighted by Gasteiger charge is -2.26. The molecule has 0 aromatic carbocycles. The third kappa shape index (κ3) is 2.91. The fraction of sp³-hybridized carbons (Fsp3) is 0.571. The Balaban J connectivity index is 1.68. The van der Waals surface area contributed by atoms with E-state index >= 15 is 0 Å². The minimum Gasteiger partial charge on any atom is -0.461 e. The molecule has 2 heterocycles. The topological polar surface area (TPSA) is 75.5 Å². The Morgan fingerprint density at radius 2 is 2.20 bits per heavy atom. The van der Waals surface area contributed by atoms with Crippen molar-refractivity contribution >= 4 is 0 Å². The number of aliphatic hydroxyl groups excluding tert-OH is 1. The Morgan fingerprint density at radius 1 is 1.35 bits per heavy atom. The van der Waals surface area contributed by atoms with Gasteiger partial charge in [-0.25, -0.2) is 0 Å². The molecule has 0 spiro atoms. The summed E-state index contributed by atoms with van der Waals surface area (Å²) in [4.78, 5) is 6.58. The van der Waals surface area contributed by atoms with Crippen LogP contribution in [-0.2, 0) is 6.54 Å². The van der Waals surface area contributed by atoms with Crippen LogP contribution in [0.15, 0.2) is 27.3 Å². The smallest absolute Gasteiger partial charge is 0.241 e. The van der Waals surface area contributed by atoms with Gasteiger partial charge < -0.3 is 14.0 Å². The average molecular weight is 277 g/mol. The average Bonchev–Trinajstić information content (AvgIpc) is 3.20. The summed E-state index contributed by atoms with van der Waals surface area (Å²) in [7, 11) is 0. The van der Waals surface area contributed by atoms with Gasteiger partial charge in [-0.05, 0) is 25.0 Å². The van der Waals surface area contributed by atoms with E-state index in [1.807, 2.05) is 0 Å². The van der Waals surface area contributed by atoms with E-state index in [2.05, 4.69) is 15.0 Å². The molecule has 0 aliphatic heterocycles. The quantitative estimate of drug-likeness (QED) is 0.871. The zero-order valence-electron chi connectivity index (χ0n) is 11.4. The third-order valence-corrected chi connectivity index (χ3v) is 3.78. The number of furan rings is 1. The predicted molar refractivity (Wildman–Crippen MR) is 71.8 cm³/mol. The number of aliphatic hydroxyl groups is 1. The van der Waals surface area contributed by atoms with Gasteiger partial charge >= 0.3 is 0 Å². The van der Waals surface area contributed by atoms with Gasteiger partial charge in [-0.15, -0.1) is 0 Å². The zero-order valence-corrected chi connectivity index (χ0v) is 11.4.